The monoisotopic (exact) mass is 778 g/mol. The molecule has 0 unspecified atom stereocenters. The Kier molecular flexibility index (Phi) is 50.2. The number of hydrogen-bond donors (Lipinski definition) is 0. The van der Waals surface area contributed by atoms with Crippen LogP contribution in [0.2, 0.25) is 0 Å². The second-order valence-corrected chi connectivity index (χ2v) is 13.6. The molecule has 0 atom stereocenters. The molecule has 0 radical (unpaired) electrons. The van der Waals surface area contributed by atoms with Crippen molar-refractivity contribution in [1.29, 1.82) is 0 Å². The maximum Gasteiger partial charge on any atom is -0.000718 e. The highest BCUT2D eigenvalue weighted by molar-refractivity contribution is 6.05. The number of hydrogen-bond acceptors (Lipinski definition) is 3. The van der Waals surface area contributed by atoms with Crippen LogP contribution in [-0.4, -0.2) is 74.6 Å². The lowest BCUT2D eigenvalue weighted by Gasteiger charge is -2.13. The van der Waals surface area contributed by atoms with Crippen LogP contribution in [0.15, 0.2) is 72.8 Å². The molecule has 5 rings (SSSR count). The van der Waals surface area contributed by atoms with Gasteiger partial charge < -0.3 is 14.7 Å². The van der Waals surface area contributed by atoms with Gasteiger partial charge in [0.05, 0.1) is 0 Å². The molecule has 0 amide bonds. The van der Waals surface area contributed by atoms with Gasteiger partial charge in [-0.15, -0.1) is 0 Å². The summed E-state index contributed by atoms with van der Waals surface area (Å²) in [7, 11) is 4.22. The molecule has 3 aromatic carbocycles. The number of benzene rings is 3. The molecule has 0 N–H and O–H groups in total. The first-order valence-electron chi connectivity index (χ1n) is 22.6. The van der Waals surface area contributed by atoms with E-state index in [9.17, 15) is 0 Å². The highest BCUT2D eigenvalue weighted by atomic mass is 15.1. The lowest BCUT2D eigenvalue weighted by molar-refractivity contribution is 0.321. The van der Waals surface area contributed by atoms with Crippen molar-refractivity contribution in [2.24, 2.45) is 0 Å². The van der Waals surface area contributed by atoms with E-state index in [-0.39, 0.29) is 7.43 Å². The van der Waals surface area contributed by atoms with Gasteiger partial charge in [-0.05, 0) is 117 Å². The number of fused-ring (bicyclic) bond motifs is 6. The van der Waals surface area contributed by atoms with Crippen LogP contribution >= 0.6 is 0 Å². The van der Waals surface area contributed by atoms with Crippen LogP contribution in [0.3, 0.4) is 0 Å². The third-order valence-electron chi connectivity index (χ3n) is 8.47. The highest BCUT2D eigenvalue weighted by Crippen LogP contribution is 2.46. The minimum atomic E-state index is 0. The van der Waals surface area contributed by atoms with Crippen molar-refractivity contribution in [3.63, 3.8) is 0 Å². The average molecular weight is 778 g/mol. The first kappa shape index (κ1) is 62.5. The fraction of sp³-hybridized carbons (Fsp3) is 0.623. The van der Waals surface area contributed by atoms with E-state index >= 15 is 0 Å². The van der Waals surface area contributed by atoms with Crippen molar-refractivity contribution in [2.75, 3.05) is 59.9 Å². The molecule has 3 nitrogen and oxygen atoms in total. The Morgan fingerprint density at radius 3 is 0.875 bits per heavy atom. The molecular weight excluding hydrogens is 679 g/mol. The van der Waals surface area contributed by atoms with E-state index < -0.39 is 0 Å². The summed E-state index contributed by atoms with van der Waals surface area (Å²) in [5.41, 5.74) is 11.6. The van der Waals surface area contributed by atoms with Crippen molar-refractivity contribution < 1.29 is 0 Å². The SMILES string of the molecule is C.CC.CCC.CCC.CCC.CCC.CCN(C)CC.CCN(C)CC.CCN(CC)CC.c1ccc2c(c1)Cc1ccccc1C1=C2Cc2ccccc21. The Labute approximate surface area is 354 Å². The first-order valence-corrected chi connectivity index (χ1v) is 22.6. The fourth-order valence-corrected chi connectivity index (χ4v) is 5.11. The van der Waals surface area contributed by atoms with Crippen molar-refractivity contribution in [1.82, 2.24) is 14.7 Å². The lowest BCUT2D eigenvalue weighted by Crippen LogP contribution is -2.21. The van der Waals surface area contributed by atoms with Crippen LogP contribution < -0.4 is 0 Å². The van der Waals surface area contributed by atoms with Crippen LogP contribution in [0.25, 0.3) is 11.1 Å². The van der Waals surface area contributed by atoms with Gasteiger partial charge >= 0.3 is 0 Å². The summed E-state index contributed by atoms with van der Waals surface area (Å²) >= 11 is 0. The van der Waals surface area contributed by atoms with E-state index in [1.54, 1.807) is 0 Å². The van der Waals surface area contributed by atoms with E-state index in [1.807, 2.05) is 13.8 Å². The van der Waals surface area contributed by atoms with Gasteiger partial charge in [0.15, 0.2) is 0 Å². The maximum absolute atomic E-state index is 2.38. The lowest BCUT2D eigenvalue weighted by atomic mass is 9.93. The predicted molar refractivity (Wildman–Crippen MR) is 265 cm³/mol. The van der Waals surface area contributed by atoms with Gasteiger partial charge in [-0.2, -0.15) is 0 Å². The summed E-state index contributed by atoms with van der Waals surface area (Å²) in [5, 5.41) is 0. The van der Waals surface area contributed by atoms with Crippen LogP contribution in [0.4, 0.5) is 0 Å². The number of rotatable bonds is 7. The predicted octanol–water partition coefficient (Wildman–Crippen LogP) is 15.7. The zero-order chi connectivity index (χ0) is 43.0. The largest absolute Gasteiger partial charge is 0.307 e. The maximum atomic E-state index is 2.38. The molecule has 0 spiro atoms. The smallest absolute Gasteiger partial charge is 0.000718 e. The minimum absolute atomic E-state index is 0. The quantitative estimate of drug-likeness (QED) is 0.237. The molecule has 3 aromatic rings. The molecule has 0 saturated carbocycles. The van der Waals surface area contributed by atoms with E-state index in [4.69, 9.17) is 0 Å². The van der Waals surface area contributed by atoms with Crippen LogP contribution in [0.5, 0.6) is 0 Å². The first-order chi connectivity index (χ1) is 26.5. The van der Waals surface area contributed by atoms with Gasteiger partial charge in [0, 0.05) is 0 Å². The topological polar surface area (TPSA) is 9.72 Å². The second kappa shape index (κ2) is 45.0. The Bertz CT molecular complexity index is 1230. The minimum Gasteiger partial charge on any atom is -0.307 e. The summed E-state index contributed by atoms with van der Waals surface area (Å²) in [4.78, 5) is 6.88. The molecule has 326 valence electrons. The van der Waals surface area contributed by atoms with Gasteiger partial charge in [0.2, 0.25) is 0 Å². The average Bonchev–Trinajstić information content (AvgIpc) is 3.54. The van der Waals surface area contributed by atoms with Gasteiger partial charge in [0.25, 0.3) is 0 Å². The third kappa shape index (κ3) is 27.8. The summed E-state index contributed by atoms with van der Waals surface area (Å²) in [6, 6.07) is 26.7. The molecule has 56 heavy (non-hydrogen) atoms. The van der Waals surface area contributed by atoms with Crippen molar-refractivity contribution >= 4 is 11.1 Å². The van der Waals surface area contributed by atoms with E-state index in [1.165, 1.54) is 89.8 Å². The van der Waals surface area contributed by atoms with Gasteiger partial charge in [-0.1, -0.05) is 224 Å². The number of nitrogens with zero attached hydrogens (tertiary/aromatic N) is 3. The van der Waals surface area contributed by atoms with Crippen LogP contribution in [0.1, 0.15) is 184 Å². The summed E-state index contributed by atoms with van der Waals surface area (Å²) in [6.45, 7) is 44.4. The normalized spacial score (nSPS) is 10.6. The summed E-state index contributed by atoms with van der Waals surface area (Å²) < 4.78 is 0. The third-order valence-corrected chi connectivity index (χ3v) is 8.47. The number of allylic oxidation sites excluding steroid dienone is 1. The molecule has 3 heteroatoms. The molecule has 0 bridgehead atoms. The molecule has 0 aliphatic heterocycles. The van der Waals surface area contributed by atoms with Gasteiger partial charge in [0.1, 0.15) is 0 Å². The molecule has 0 fully saturated rings. The molecule has 0 heterocycles. The van der Waals surface area contributed by atoms with Gasteiger partial charge in [-0.3, -0.25) is 0 Å². The second-order valence-electron chi connectivity index (χ2n) is 13.6. The zero-order valence-electron chi connectivity index (χ0n) is 40.5. The zero-order valence-corrected chi connectivity index (χ0v) is 40.5. The molecule has 0 aromatic heterocycles. The van der Waals surface area contributed by atoms with Crippen LogP contribution in [-0.2, 0) is 12.8 Å². The van der Waals surface area contributed by atoms with E-state index in [0.29, 0.717) is 0 Å². The summed E-state index contributed by atoms with van der Waals surface area (Å²) in [5.74, 6) is 0. The molecule has 2 aliphatic rings. The Morgan fingerprint density at radius 1 is 0.375 bits per heavy atom. The Morgan fingerprint density at radius 2 is 0.625 bits per heavy atom. The van der Waals surface area contributed by atoms with Crippen LogP contribution in [0, 0.1) is 0 Å². The Hall–Kier alpha value is -2.72. The van der Waals surface area contributed by atoms with E-state index in [2.05, 4.69) is 205 Å². The standard InChI is InChI=1S/C22H16.C6H15N.2C5H13N.4C3H8.C2H6.CH4/c1-4-10-18-15(7-1)13-16-8-2-5-11-19(16)22-20-12-6-3-9-17(20)14-21(18)22;1-4-7(5-2)6-3;2*1-4-6(3)5-2;4*1-3-2;1-2;/h1-12H,13-14H2;4-6H2,1-3H3;2*4-5H2,1-3H3;4*3H2,1-2H3;1-2H3;1H4. The fourth-order valence-electron chi connectivity index (χ4n) is 5.11. The van der Waals surface area contributed by atoms with E-state index in [0.717, 1.165) is 39.0 Å². The highest BCUT2D eigenvalue weighted by Gasteiger charge is 2.28. The van der Waals surface area contributed by atoms with Gasteiger partial charge in [-0.25, -0.2) is 0 Å². The molecule has 2 aliphatic carbocycles. The Balaban J connectivity index is -0.000000214. The molecule has 0 saturated heterocycles. The van der Waals surface area contributed by atoms with Crippen molar-refractivity contribution in [3.8, 4) is 0 Å². The summed E-state index contributed by atoms with van der Waals surface area (Å²) in [6.07, 6.45) is 7.08. The van der Waals surface area contributed by atoms with Crippen molar-refractivity contribution in [3.05, 3.63) is 106 Å². The molecular formula is C53H99N3. The van der Waals surface area contributed by atoms with Crippen molar-refractivity contribution in [2.45, 2.75) is 164 Å².